The molecule has 0 aromatic heterocycles. The Morgan fingerprint density at radius 2 is 1.72 bits per heavy atom. The number of hydrogen-bond acceptors (Lipinski definition) is 1. The molecule has 5 rings (SSSR count). The van der Waals surface area contributed by atoms with Gasteiger partial charge in [-0.3, -0.25) is 0 Å². The van der Waals surface area contributed by atoms with Crippen molar-refractivity contribution in [2.45, 2.75) is 51.4 Å². The molecular formula is C31H34O. The lowest BCUT2D eigenvalue weighted by atomic mass is 9.78. The molecule has 164 valence electrons. The summed E-state index contributed by atoms with van der Waals surface area (Å²) in [5.74, 6) is 2.68. The van der Waals surface area contributed by atoms with Gasteiger partial charge in [-0.05, 0) is 102 Å². The van der Waals surface area contributed by atoms with Gasteiger partial charge >= 0.3 is 0 Å². The molecular weight excluding hydrogens is 388 g/mol. The van der Waals surface area contributed by atoms with E-state index in [9.17, 15) is 0 Å². The highest BCUT2D eigenvalue weighted by atomic mass is 16.5. The SMILES string of the molecule is COc1ccc(C2CC(c3ccccc3)=CC2C(C)CCc2cccc3c2CCC3)cc1. The quantitative estimate of drug-likeness (QED) is 0.380. The number of hydrogen-bond donors (Lipinski definition) is 0. The van der Waals surface area contributed by atoms with E-state index >= 15 is 0 Å². The molecule has 0 spiro atoms. The van der Waals surface area contributed by atoms with E-state index in [-0.39, 0.29) is 0 Å². The number of aryl methyl sites for hydroxylation is 2. The highest BCUT2D eigenvalue weighted by Gasteiger charge is 2.33. The summed E-state index contributed by atoms with van der Waals surface area (Å²) in [7, 11) is 1.74. The predicted molar refractivity (Wildman–Crippen MR) is 134 cm³/mol. The Morgan fingerprint density at radius 3 is 2.50 bits per heavy atom. The summed E-state index contributed by atoms with van der Waals surface area (Å²) >= 11 is 0. The summed E-state index contributed by atoms with van der Waals surface area (Å²) in [6.07, 6.45) is 10.0. The van der Waals surface area contributed by atoms with Crippen molar-refractivity contribution < 1.29 is 4.74 Å². The van der Waals surface area contributed by atoms with Gasteiger partial charge in [-0.1, -0.05) is 73.7 Å². The molecule has 3 unspecified atom stereocenters. The summed E-state index contributed by atoms with van der Waals surface area (Å²) in [5.41, 5.74) is 9.16. The van der Waals surface area contributed by atoms with Gasteiger partial charge in [-0.25, -0.2) is 0 Å². The maximum Gasteiger partial charge on any atom is 0.118 e. The van der Waals surface area contributed by atoms with Crippen LogP contribution in [0, 0.1) is 11.8 Å². The minimum atomic E-state index is 0.535. The molecule has 2 aliphatic rings. The Morgan fingerprint density at radius 1 is 0.906 bits per heavy atom. The number of methoxy groups -OCH3 is 1. The largest absolute Gasteiger partial charge is 0.497 e. The molecule has 3 aromatic carbocycles. The third kappa shape index (κ3) is 4.26. The Hall–Kier alpha value is -2.80. The monoisotopic (exact) mass is 422 g/mol. The number of rotatable bonds is 7. The van der Waals surface area contributed by atoms with E-state index in [0.717, 1.165) is 12.2 Å². The van der Waals surface area contributed by atoms with Crippen LogP contribution < -0.4 is 4.74 Å². The van der Waals surface area contributed by atoms with Crippen molar-refractivity contribution in [3.8, 4) is 5.75 Å². The lowest BCUT2D eigenvalue weighted by Gasteiger charge is -2.26. The topological polar surface area (TPSA) is 9.23 Å². The average Bonchev–Trinajstić information content (AvgIpc) is 3.51. The fourth-order valence-corrected chi connectivity index (χ4v) is 5.92. The Labute approximate surface area is 193 Å². The Kier molecular flexibility index (Phi) is 6.17. The van der Waals surface area contributed by atoms with Gasteiger partial charge in [-0.15, -0.1) is 0 Å². The zero-order chi connectivity index (χ0) is 21.9. The molecule has 3 atom stereocenters. The van der Waals surface area contributed by atoms with Crippen LogP contribution in [-0.4, -0.2) is 7.11 Å². The summed E-state index contributed by atoms with van der Waals surface area (Å²) in [4.78, 5) is 0. The molecule has 2 aliphatic carbocycles. The minimum absolute atomic E-state index is 0.535. The third-order valence-electron chi connectivity index (χ3n) is 7.76. The second kappa shape index (κ2) is 9.36. The predicted octanol–water partition coefficient (Wildman–Crippen LogP) is 7.64. The van der Waals surface area contributed by atoms with E-state index in [1.165, 1.54) is 48.8 Å². The molecule has 0 N–H and O–H groups in total. The first-order chi connectivity index (χ1) is 15.7. The number of ether oxygens (including phenoxy) is 1. The third-order valence-corrected chi connectivity index (χ3v) is 7.76. The molecule has 3 aromatic rings. The first-order valence-electron chi connectivity index (χ1n) is 12.2. The van der Waals surface area contributed by atoms with Gasteiger partial charge in [0.25, 0.3) is 0 Å². The van der Waals surface area contributed by atoms with Gasteiger partial charge < -0.3 is 4.74 Å². The summed E-state index contributed by atoms with van der Waals surface area (Å²) < 4.78 is 5.41. The maximum absolute atomic E-state index is 5.41. The van der Waals surface area contributed by atoms with E-state index in [4.69, 9.17) is 4.74 Å². The molecule has 0 saturated heterocycles. The van der Waals surface area contributed by atoms with Crippen molar-refractivity contribution in [1.29, 1.82) is 0 Å². The van der Waals surface area contributed by atoms with Crippen molar-refractivity contribution in [3.05, 3.63) is 107 Å². The molecule has 0 radical (unpaired) electrons. The molecule has 0 bridgehead atoms. The van der Waals surface area contributed by atoms with Crippen molar-refractivity contribution in [1.82, 2.24) is 0 Å². The van der Waals surface area contributed by atoms with Crippen LogP contribution in [0.1, 0.15) is 59.9 Å². The van der Waals surface area contributed by atoms with E-state index in [1.54, 1.807) is 23.8 Å². The standard InChI is InChI=1S/C31H34O/c1-22(14-15-25-11-6-10-24-12-7-13-29(24)25)30-20-27(23-8-4-3-5-9-23)21-31(30)26-16-18-28(32-2)19-17-26/h3-6,8-11,16-20,22,30-31H,7,12-15,21H2,1-2H3. The van der Waals surface area contributed by atoms with E-state index < -0.39 is 0 Å². The average molecular weight is 423 g/mol. The van der Waals surface area contributed by atoms with Gasteiger partial charge in [0.05, 0.1) is 7.11 Å². The first kappa shape index (κ1) is 21.1. The van der Waals surface area contributed by atoms with Crippen molar-refractivity contribution >= 4 is 5.57 Å². The van der Waals surface area contributed by atoms with E-state index in [2.05, 4.69) is 85.8 Å². The molecule has 0 amide bonds. The normalized spacial score (nSPS) is 20.6. The van der Waals surface area contributed by atoms with Gasteiger partial charge in [0.2, 0.25) is 0 Å². The number of benzene rings is 3. The summed E-state index contributed by atoms with van der Waals surface area (Å²) in [6, 6.07) is 26.7. The van der Waals surface area contributed by atoms with Crippen LogP contribution in [-0.2, 0) is 19.3 Å². The second-order valence-electron chi connectivity index (χ2n) is 9.64. The lowest BCUT2D eigenvalue weighted by Crippen LogP contribution is -2.16. The van der Waals surface area contributed by atoms with Crippen LogP contribution in [0.25, 0.3) is 5.57 Å². The van der Waals surface area contributed by atoms with E-state index in [1.807, 2.05) is 0 Å². The molecule has 0 saturated carbocycles. The van der Waals surface area contributed by atoms with Gasteiger partial charge in [0.1, 0.15) is 5.75 Å². The molecule has 0 aliphatic heterocycles. The molecule has 0 heterocycles. The first-order valence-corrected chi connectivity index (χ1v) is 12.2. The summed E-state index contributed by atoms with van der Waals surface area (Å²) in [5, 5.41) is 0. The zero-order valence-corrected chi connectivity index (χ0v) is 19.4. The highest BCUT2D eigenvalue weighted by Crippen LogP contribution is 2.47. The van der Waals surface area contributed by atoms with Gasteiger partial charge in [0.15, 0.2) is 0 Å². The smallest absolute Gasteiger partial charge is 0.118 e. The highest BCUT2D eigenvalue weighted by molar-refractivity contribution is 5.69. The maximum atomic E-state index is 5.41. The number of allylic oxidation sites excluding steroid dienone is 2. The van der Waals surface area contributed by atoms with Crippen LogP contribution in [0.15, 0.2) is 78.9 Å². The minimum Gasteiger partial charge on any atom is -0.497 e. The van der Waals surface area contributed by atoms with Crippen molar-refractivity contribution in [3.63, 3.8) is 0 Å². The van der Waals surface area contributed by atoms with E-state index in [0.29, 0.717) is 17.8 Å². The fourth-order valence-electron chi connectivity index (χ4n) is 5.92. The molecule has 0 fully saturated rings. The van der Waals surface area contributed by atoms with Gasteiger partial charge in [0, 0.05) is 0 Å². The zero-order valence-electron chi connectivity index (χ0n) is 19.4. The summed E-state index contributed by atoms with van der Waals surface area (Å²) in [6.45, 7) is 2.47. The van der Waals surface area contributed by atoms with Crippen molar-refractivity contribution in [2.75, 3.05) is 7.11 Å². The van der Waals surface area contributed by atoms with Crippen LogP contribution in [0.4, 0.5) is 0 Å². The molecule has 32 heavy (non-hydrogen) atoms. The Bertz CT molecular complexity index is 1080. The van der Waals surface area contributed by atoms with Crippen LogP contribution in [0.5, 0.6) is 5.75 Å². The van der Waals surface area contributed by atoms with Crippen molar-refractivity contribution in [2.24, 2.45) is 11.8 Å². The second-order valence-corrected chi connectivity index (χ2v) is 9.64. The van der Waals surface area contributed by atoms with Crippen LogP contribution >= 0.6 is 0 Å². The molecule has 1 heteroatoms. The lowest BCUT2D eigenvalue weighted by molar-refractivity contribution is 0.359. The Balaban J connectivity index is 1.38. The fraction of sp³-hybridized carbons (Fsp3) is 0.355. The number of fused-ring (bicyclic) bond motifs is 1. The molecule has 1 nitrogen and oxygen atoms in total. The van der Waals surface area contributed by atoms with Crippen LogP contribution in [0.2, 0.25) is 0 Å². The van der Waals surface area contributed by atoms with Crippen LogP contribution in [0.3, 0.4) is 0 Å². The van der Waals surface area contributed by atoms with Gasteiger partial charge in [-0.2, -0.15) is 0 Å².